The zero-order valence-corrected chi connectivity index (χ0v) is 15.5. The number of aliphatic hydroxyl groups excluding tert-OH is 1. The predicted molar refractivity (Wildman–Crippen MR) is 102 cm³/mol. The highest BCUT2D eigenvalue weighted by Crippen LogP contribution is 2.49. The summed E-state index contributed by atoms with van der Waals surface area (Å²) in [5.74, 6) is 0.0974. The molecule has 142 valence electrons. The third kappa shape index (κ3) is 3.31. The van der Waals surface area contributed by atoms with Crippen LogP contribution in [-0.4, -0.2) is 41.8 Å². The van der Waals surface area contributed by atoms with Crippen LogP contribution in [0.25, 0.3) is 0 Å². The molecule has 4 heteroatoms. The highest BCUT2D eigenvalue weighted by Gasteiger charge is 2.41. The van der Waals surface area contributed by atoms with Crippen molar-refractivity contribution in [3.05, 3.63) is 70.5 Å². The lowest BCUT2D eigenvalue weighted by Crippen LogP contribution is -2.40. The molecule has 2 fully saturated rings. The summed E-state index contributed by atoms with van der Waals surface area (Å²) in [7, 11) is 0. The van der Waals surface area contributed by atoms with E-state index in [1.54, 1.807) is 12.1 Å². The van der Waals surface area contributed by atoms with Gasteiger partial charge >= 0.3 is 0 Å². The van der Waals surface area contributed by atoms with Gasteiger partial charge < -0.3 is 14.7 Å². The Hall–Kier alpha value is -1.75. The molecular weight excluding hydrogens is 341 g/mol. The summed E-state index contributed by atoms with van der Waals surface area (Å²) in [6.45, 7) is 2.75. The quantitative estimate of drug-likeness (QED) is 0.876. The van der Waals surface area contributed by atoms with E-state index < -0.39 is 0 Å². The SMILES string of the molecule is OC1CCN(C[C@H]2C[C@@H]3c4ccccc4Cc4ccc(F)cc4[C@@H]3O2)CC1. The van der Waals surface area contributed by atoms with Crippen molar-refractivity contribution in [1.82, 2.24) is 4.90 Å². The molecule has 0 unspecified atom stereocenters. The van der Waals surface area contributed by atoms with Crippen LogP contribution >= 0.6 is 0 Å². The van der Waals surface area contributed by atoms with Gasteiger partial charge in [0.1, 0.15) is 5.82 Å². The van der Waals surface area contributed by atoms with Crippen molar-refractivity contribution in [2.24, 2.45) is 0 Å². The second-order valence-electron chi connectivity index (χ2n) is 8.27. The highest BCUT2D eigenvalue weighted by molar-refractivity contribution is 5.45. The summed E-state index contributed by atoms with van der Waals surface area (Å²) in [4.78, 5) is 2.40. The molecule has 2 aromatic carbocycles. The minimum absolute atomic E-state index is 0.0697. The lowest BCUT2D eigenvalue weighted by molar-refractivity contribution is 0.00421. The van der Waals surface area contributed by atoms with Crippen LogP contribution in [-0.2, 0) is 11.2 Å². The standard InChI is InChI=1S/C23H26FNO2/c24-17-6-5-16-11-15-3-1-2-4-20(15)22-13-19(27-23(22)21(16)12-17)14-25-9-7-18(26)8-10-25/h1-6,12,18-19,22-23,26H,7-11,13-14H2/t19-,22-,23+/m1/s1. The van der Waals surface area contributed by atoms with Crippen LogP contribution in [0.2, 0.25) is 0 Å². The smallest absolute Gasteiger partial charge is 0.123 e. The van der Waals surface area contributed by atoms with Crippen molar-refractivity contribution in [2.45, 2.75) is 49.9 Å². The molecule has 2 heterocycles. The van der Waals surface area contributed by atoms with Gasteiger partial charge in [0, 0.05) is 25.6 Å². The van der Waals surface area contributed by atoms with E-state index in [1.807, 2.05) is 6.07 Å². The van der Waals surface area contributed by atoms with E-state index in [1.165, 1.54) is 16.7 Å². The number of nitrogens with zero attached hydrogens (tertiary/aromatic N) is 1. The number of hydrogen-bond acceptors (Lipinski definition) is 3. The number of ether oxygens (including phenoxy) is 1. The van der Waals surface area contributed by atoms with Crippen LogP contribution in [0.4, 0.5) is 4.39 Å². The van der Waals surface area contributed by atoms with Crippen molar-refractivity contribution < 1.29 is 14.2 Å². The third-order valence-electron chi connectivity index (χ3n) is 6.49. The number of piperidine rings is 1. The van der Waals surface area contributed by atoms with Crippen LogP contribution in [0, 0.1) is 5.82 Å². The monoisotopic (exact) mass is 367 g/mol. The molecule has 0 radical (unpaired) electrons. The van der Waals surface area contributed by atoms with Gasteiger partial charge in [-0.15, -0.1) is 0 Å². The van der Waals surface area contributed by atoms with E-state index >= 15 is 0 Å². The second kappa shape index (κ2) is 7.01. The van der Waals surface area contributed by atoms with Gasteiger partial charge in [-0.2, -0.15) is 0 Å². The Morgan fingerprint density at radius 1 is 1.04 bits per heavy atom. The first-order valence-corrected chi connectivity index (χ1v) is 10.1. The van der Waals surface area contributed by atoms with Gasteiger partial charge in [0.25, 0.3) is 0 Å². The molecule has 0 amide bonds. The van der Waals surface area contributed by atoms with E-state index in [2.05, 4.69) is 29.2 Å². The van der Waals surface area contributed by atoms with E-state index in [9.17, 15) is 9.50 Å². The summed E-state index contributed by atoms with van der Waals surface area (Å²) in [6.07, 6.45) is 3.43. The third-order valence-corrected chi connectivity index (χ3v) is 6.49. The molecule has 3 aliphatic rings. The fourth-order valence-electron chi connectivity index (χ4n) is 5.11. The van der Waals surface area contributed by atoms with E-state index in [0.29, 0.717) is 0 Å². The first kappa shape index (κ1) is 17.4. The second-order valence-corrected chi connectivity index (χ2v) is 8.27. The molecule has 1 N–H and O–H groups in total. The Labute approximate surface area is 159 Å². The van der Waals surface area contributed by atoms with Crippen molar-refractivity contribution in [1.29, 1.82) is 0 Å². The van der Waals surface area contributed by atoms with Gasteiger partial charge in [-0.25, -0.2) is 4.39 Å². The maximum Gasteiger partial charge on any atom is 0.123 e. The van der Waals surface area contributed by atoms with Crippen LogP contribution in [0.3, 0.4) is 0 Å². The van der Waals surface area contributed by atoms with Crippen LogP contribution in [0.1, 0.15) is 53.5 Å². The van der Waals surface area contributed by atoms with Gasteiger partial charge in [0.2, 0.25) is 0 Å². The van der Waals surface area contributed by atoms with Crippen molar-refractivity contribution in [3.8, 4) is 0 Å². The average Bonchev–Trinajstić information content (AvgIpc) is 3.04. The van der Waals surface area contributed by atoms with Gasteiger partial charge in [-0.3, -0.25) is 0 Å². The zero-order chi connectivity index (χ0) is 18.4. The number of hydrogen-bond donors (Lipinski definition) is 1. The summed E-state index contributed by atoms with van der Waals surface area (Å²) in [5, 5.41) is 9.74. The fraction of sp³-hybridized carbons (Fsp3) is 0.478. The largest absolute Gasteiger partial charge is 0.393 e. The maximum absolute atomic E-state index is 14.0. The van der Waals surface area contributed by atoms with Crippen molar-refractivity contribution >= 4 is 0 Å². The minimum atomic E-state index is -0.185. The molecule has 2 aliphatic heterocycles. The minimum Gasteiger partial charge on any atom is -0.393 e. The Bertz CT molecular complexity index is 831. The van der Waals surface area contributed by atoms with E-state index in [4.69, 9.17) is 4.74 Å². The molecule has 5 rings (SSSR count). The van der Waals surface area contributed by atoms with Gasteiger partial charge in [0.05, 0.1) is 18.3 Å². The van der Waals surface area contributed by atoms with Crippen molar-refractivity contribution in [2.75, 3.05) is 19.6 Å². The highest BCUT2D eigenvalue weighted by atomic mass is 19.1. The molecule has 3 nitrogen and oxygen atoms in total. The number of likely N-dealkylation sites (tertiary alicyclic amines) is 1. The molecular formula is C23H26FNO2. The topological polar surface area (TPSA) is 32.7 Å². The molecule has 2 aromatic rings. The Balaban J connectivity index is 1.45. The predicted octanol–water partition coefficient (Wildman–Crippen LogP) is 3.80. The number of fused-ring (bicyclic) bond motifs is 5. The first-order valence-electron chi connectivity index (χ1n) is 10.1. The summed E-state index contributed by atoms with van der Waals surface area (Å²) >= 11 is 0. The molecule has 0 spiro atoms. The first-order chi connectivity index (χ1) is 13.2. The van der Waals surface area contributed by atoms with Crippen LogP contribution < -0.4 is 0 Å². The number of halogens is 1. The van der Waals surface area contributed by atoms with Gasteiger partial charge in [-0.1, -0.05) is 30.3 Å². The Morgan fingerprint density at radius 3 is 2.67 bits per heavy atom. The number of aliphatic hydroxyl groups is 1. The summed E-state index contributed by atoms with van der Waals surface area (Å²) in [5.41, 5.74) is 4.89. The van der Waals surface area contributed by atoms with Crippen LogP contribution in [0.15, 0.2) is 42.5 Å². The van der Waals surface area contributed by atoms with Crippen LogP contribution in [0.5, 0.6) is 0 Å². The molecule has 3 atom stereocenters. The molecule has 27 heavy (non-hydrogen) atoms. The summed E-state index contributed by atoms with van der Waals surface area (Å²) in [6, 6.07) is 13.8. The fourth-order valence-corrected chi connectivity index (χ4v) is 5.11. The average molecular weight is 367 g/mol. The zero-order valence-electron chi connectivity index (χ0n) is 15.5. The lowest BCUT2D eigenvalue weighted by Gasteiger charge is -2.31. The molecule has 0 bridgehead atoms. The van der Waals surface area contributed by atoms with E-state index in [0.717, 1.165) is 50.9 Å². The maximum atomic E-state index is 14.0. The van der Waals surface area contributed by atoms with E-state index in [-0.39, 0.29) is 30.0 Å². The molecule has 0 aromatic heterocycles. The molecule has 0 saturated carbocycles. The Kier molecular flexibility index (Phi) is 4.50. The van der Waals surface area contributed by atoms with Gasteiger partial charge in [-0.05, 0) is 60.1 Å². The molecule has 2 saturated heterocycles. The summed E-state index contributed by atoms with van der Waals surface area (Å²) < 4.78 is 20.6. The number of benzene rings is 2. The lowest BCUT2D eigenvalue weighted by atomic mass is 9.87. The molecule has 1 aliphatic carbocycles. The van der Waals surface area contributed by atoms with Crippen molar-refractivity contribution in [3.63, 3.8) is 0 Å². The van der Waals surface area contributed by atoms with Gasteiger partial charge in [0.15, 0.2) is 0 Å². The Morgan fingerprint density at radius 2 is 1.81 bits per heavy atom. The number of rotatable bonds is 2. The normalized spacial score (nSPS) is 28.3.